The van der Waals surface area contributed by atoms with Crippen LogP contribution in [-0.4, -0.2) is 31.1 Å². The highest BCUT2D eigenvalue weighted by Gasteiger charge is 2.20. The van der Waals surface area contributed by atoms with Crippen molar-refractivity contribution < 1.29 is 18.7 Å². The Labute approximate surface area is 151 Å². The minimum absolute atomic E-state index is 0.107. The number of benzene rings is 2. The second-order valence-electron chi connectivity index (χ2n) is 5.61. The molecular formula is C19H19ClFNO3. The fourth-order valence-electron chi connectivity index (χ4n) is 2.28. The smallest absolute Gasteiger partial charge is 0.313 e. The van der Waals surface area contributed by atoms with Crippen LogP contribution < -0.4 is 4.84 Å². The minimum Gasteiger partial charge on any atom is -0.462 e. The SMILES string of the molecule is C[C@@H](C(=O)OCC(F)CNCl)c1cccc(C(=O)c2ccccc2)c1. The molecular weight excluding hydrogens is 345 g/mol. The molecule has 2 atom stereocenters. The van der Waals surface area contributed by atoms with E-state index in [-0.39, 0.29) is 18.9 Å². The van der Waals surface area contributed by atoms with Crippen molar-refractivity contribution in [2.75, 3.05) is 13.2 Å². The maximum atomic E-state index is 13.3. The fraction of sp³-hybridized carbons (Fsp3) is 0.263. The molecule has 25 heavy (non-hydrogen) atoms. The molecule has 2 rings (SSSR count). The Morgan fingerprint density at radius 1 is 1.12 bits per heavy atom. The van der Waals surface area contributed by atoms with Gasteiger partial charge in [-0.05, 0) is 30.3 Å². The van der Waals surface area contributed by atoms with Gasteiger partial charge in [-0.2, -0.15) is 0 Å². The van der Waals surface area contributed by atoms with Crippen molar-refractivity contribution in [2.24, 2.45) is 0 Å². The molecule has 2 aromatic rings. The number of carbonyl (C=O) groups is 2. The predicted octanol–water partition coefficient (Wildman–Crippen LogP) is 3.65. The number of ether oxygens (including phenoxy) is 1. The lowest BCUT2D eigenvalue weighted by atomic mass is 9.96. The summed E-state index contributed by atoms with van der Waals surface area (Å²) in [4.78, 5) is 26.7. The Hall–Kier alpha value is -2.24. The van der Waals surface area contributed by atoms with Gasteiger partial charge < -0.3 is 4.74 Å². The number of halogens is 2. The number of hydrogen-bond acceptors (Lipinski definition) is 4. The van der Waals surface area contributed by atoms with Crippen LogP contribution in [0.2, 0.25) is 0 Å². The first-order valence-electron chi connectivity index (χ1n) is 7.87. The number of alkyl halides is 1. The van der Waals surface area contributed by atoms with Crippen LogP contribution in [0.5, 0.6) is 0 Å². The van der Waals surface area contributed by atoms with Gasteiger partial charge in [0.15, 0.2) is 5.78 Å². The van der Waals surface area contributed by atoms with E-state index in [4.69, 9.17) is 16.5 Å². The average Bonchev–Trinajstić information content (AvgIpc) is 2.66. The number of hydrogen-bond donors (Lipinski definition) is 1. The Morgan fingerprint density at radius 3 is 2.48 bits per heavy atom. The van der Waals surface area contributed by atoms with Crippen molar-refractivity contribution in [3.05, 3.63) is 71.3 Å². The zero-order valence-electron chi connectivity index (χ0n) is 13.7. The van der Waals surface area contributed by atoms with E-state index in [0.29, 0.717) is 16.7 Å². The average molecular weight is 364 g/mol. The summed E-state index contributed by atoms with van der Waals surface area (Å²) in [5.74, 6) is -1.29. The third-order valence-corrected chi connectivity index (χ3v) is 3.90. The van der Waals surface area contributed by atoms with Crippen LogP contribution in [0.25, 0.3) is 0 Å². The largest absolute Gasteiger partial charge is 0.462 e. The number of ketones is 1. The van der Waals surface area contributed by atoms with E-state index in [1.54, 1.807) is 55.5 Å². The predicted molar refractivity (Wildman–Crippen MR) is 94.4 cm³/mol. The molecule has 0 aliphatic rings. The number of rotatable bonds is 8. The Balaban J connectivity index is 2.07. The summed E-state index contributed by atoms with van der Waals surface area (Å²) < 4.78 is 18.3. The van der Waals surface area contributed by atoms with Gasteiger partial charge in [-0.15, -0.1) is 0 Å². The highest BCUT2D eigenvalue weighted by atomic mass is 35.5. The Kier molecular flexibility index (Phi) is 7.10. The molecule has 4 nitrogen and oxygen atoms in total. The molecule has 0 amide bonds. The topological polar surface area (TPSA) is 55.4 Å². The summed E-state index contributed by atoms with van der Waals surface area (Å²) in [6, 6.07) is 15.7. The summed E-state index contributed by atoms with van der Waals surface area (Å²) >= 11 is 5.21. The molecule has 0 aliphatic carbocycles. The maximum Gasteiger partial charge on any atom is 0.313 e. The fourth-order valence-corrected chi connectivity index (χ4v) is 2.45. The molecule has 1 N–H and O–H groups in total. The lowest BCUT2D eigenvalue weighted by molar-refractivity contribution is -0.146. The third kappa shape index (κ3) is 5.37. The summed E-state index contributed by atoms with van der Waals surface area (Å²) in [5, 5.41) is 0. The van der Waals surface area contributed by atoms with Crippen LogP contribution in [-0.2, 0) is 9.53 Å². The van der Waals surface area contributed by atoms with Crippen molar-refractivity contribution in [1.29, 1.82) is 0 Å². The van der Waals surface area contributed by atoms with Gasteiger partial charge in [0.1, 0.15) is 12.8 Å². The zero-order chi connectivity index (χ0) is 18.2. The lowest BCUT2D eigenvalue weighted by Gasteiger charge is -2.14. The van der Waals surface area contributed by atoms with Crippen LogP contribution >= 0.6 is 11.8 Å². The first-order chi connectivity index (χ1) is 12.0. The maximum absolute atomic E-state index is 13.3. The third-order valence-electron chi connectivity index (χ3n) is 3.74. The first-order valence-corrected chi connectivity index (χ1v) is 8.24. The van der Waals surface area contributed by atoms with Crippen LogP contribution in [0.1, 0.15) is 34.3 Å². The van der Waals surface area contributed by atoms with Gasteiger partial charge in [0, 0.05) is 17.7 Å². The van der Waals surface area contributed by atoms with Crippen molar-refractivity contribution in [2.45, 2.75) is 19.0 Å². The quantitative estimate of drug-likeness (QED) is 0.442. The van der Waals surface area contributed by atoms with Crippen molar-refractivity contribution in [3.8, 4) is 0 Å². The molecule has 0 fully saturated rings. The first kappa shape index (κ1) is 19.1. The highest BCUT2D eigenvalue weighted by Crippen LogP contribution is 2.20. The van der Waals surface area contributed by atoms with E-state index in [9.17, 15) is 14.0 Å². The second-order valence-corrected chi connectivity index (χ2v) is 5.87. The van der Waals surface area contributed by atoms with Crippen molar-refractivity contribution in [1.82, 2.24) is 4.84 Å². The minimum atomic E-state index is -1.38. The van der Waals surface area contributed by atoms with Crippen LogP contribution in [0, 0.1) is 0 Å². The van der Waals surface area contributed by atoms with Gasteiger partial charge in [0.05, 0.1) is 5.92 Å². The number of nitrogens with one attached hydrogen (secondary N) is 1. The van der Waals surface area contributed by atoms with Gasteiger partial charge in [-0.3, -0.25) is 9.59 Å². The normalized spacial score (nSPS) is 13.1. The standard InChI is InChI=1S/C19H19ClFNO3/c1-13(19(24)25-12-17(21)11-22-20)15-8-5-9-16(10-15)18(23)14-6-3-2-4-7-14/h2-10,13,17,22H,11-12H2,1H3/t13-,17?/m1/s1. The van der Waals surface area contributed by atoms with E-state index in [1.165, 1.54) is 0 Å². The van der Waals surface area contributed by atoms with Crippen LogP contribution in [0.4, 0.5) is 4.39 Å². The lowest BCUT2D eigenvalue weighted by Crippen LogP contribution is -2.25. The second kappa shape index (κ2) is 9.30. The Morgan fingerprint density at radius 2 is 1.80 bits per heavy atom. The molecule has 132 valence electrons. The Bertz CT molecular complexity index is 724. The molecule has 0 radical (unpaired) electrons. The molecule has 6 heteroatoms. The molecule has 0 heterocycles. The summed E-state index contributed by atoms with van der Waals surface area (Å²) in [7, 11) is 0. The van der Waals surface area contributed by atoms with Gasteiger partial charge in [-0.25, -0.2) is 9.23 Å². The monoisotopic (exact) mass is 363 g/mol. The van der Waals surface area contributed by atoms with Crippen LogP contribution in [0.15, 0.2) is 54.6 Å². The molecule has 0 aromatic heterocycles. The summed E-state index contributed by atoms with van der Waals surface area (Å²) in [5.41, 5.74) is 1.69. The molecule has 0 bridgehead atoms. The van der Waals surface area contributed by atoms with Gasteiger partial charge in [0.2, 0.25) is 0 Å². The molecule has 0 aliphatic heterocycles. The highest BCUT2D eigenvalue weighted by molar-refractivity contribution is 6.13. The van der Waals surface area contributed by atoms with E-state index >= 15 is 0 Å². The molecule has 0 saturated carbocycles. The van der Waals surface area contributed by atoms with E-state index < -0.39 is 18.1 Å². The van der Waals surface area contributed by atoms with Gasteiger partial charge >= 0.3 is 5.97 Å². The van der Waals surface area contributed by atoms with E-state index in [0.717, 1.165) is 0 Å². The van der Waals surface area contributed by atoms with E-state index in [1.807, 2.05) is 6.07 Å². The molecule has 0 spiro atoms. The van der Waals surface area contributed by atoms with Gasteiger partial charge in [-0.1, -0.05) is 48.5 Å². The number of carbonyl (C=O) groups excluding carboxylic acids is 2. The van der Waals surface area contributed by atoms with Crippen LogP contribution in [0.3, 0.4) is 0 Å². The zero-order valence-corrected chi connectivity index (χ0v) is 14.5. The van der Waals surface area contributed by atoms with E-state index in [2.05, 4.69) is 4.84 Å². The molecule has 0 saturated heterocycles. The summed E-state index contributed by atoms with van der Waals surface area (Å²) in [6.45, 7) is 1.18. The van der Waals surface area contributed by atoms with Crippen molar-refractivity contribution >= 4 is 23.5 Å². The van der Waals surface area contributed by atoms with Crippen molar-refractivity contribution in [3.63, 3.8) is 0 Å². The summed E-state index contributed by atoms with van der Waals surface area (Å²) in [6.07, 6.45) is -1.38. The van der Waals surface area contributed by atoms with Gasteiger partial charge in [0.25, 0.3) is 0 Å². The molecule has 1 unspecified atom stereocenters. The number of esters is 1. The molecule has 2 aromatic carbocycles.